The quantitative estimate of drug-likeness (QED) is 0.0876. The Hall–Kier alpha value is -0.610. The van der Waals surface area contributed by atoms with Gasteiger partial charge in [-0.25, -0.2) is 0 Å². The van der Waals surface area contributed by atoms with E-state index >= 15 is 0 Å². The van der Waals surface area contributed by atoms with Gasteiger partial charge in [0.15, 0.2) is 0 Å². The maximum Gasteiger partial charge on any atom is 0.248 e. The Kier molecular flexibility index (Phi) is 29.4. The third-order valence-corrected chi connectivity index (χ3v) is 7.74. The van der Waals surface area contributed by atoms with E-state index in [0.717, 1.165) is 19.4 Å². The van der Waals surface area contributed by atoms with Gasteiger partial charge in [0, 0.05) is 19.7 Å². The standard InChI is InChI=1S/C33H67NO3/c1-5-7-9-11-13-15-17-18-20-22-24-26-28-34(33(35)31-37-30-29-36-4)32(3)27-25-23-21-19-16-14-12-10-8-6-2/h32H,5-31H2,1-4H3. The molecule has 1 atom stereocenters. The van der Waals surface area contributed by atoms with Crippen molar-refractivity contribution in [2.45, 2.75) is 174 Å². The summed E-state index contributed by atoms with van der Waals surface area (Å²) < 4.78 is 10.6. The van der Waals surface area contributed by atoms with E-state index in [0.29, 0.717) is 19.3 Å². The number of nitrogens with zero attached hydrogens (tertiary/aromatic N) is 1. The van der Waals surface area contributed by atoms with E-state index in [1.165, 1.54) is 135 Å². The molecule has 0 rings (SSSR count). The van der Waals surface area contributed by atoms with E-state index in [1.807, 2.05) is 0 Å². The highest BCUT2D eigenvalue weighted by Gasteiger charge is 2.19. The van der Waals surface area contributed by atoms with Gasteiger partial charge >= 0.3 is 0 Å². The van der Waals surface area contributed by atoms with E-state index in [1.54, 1.807) is 7.11 Å². The Morgan fingerprint density at radius 3 is 1.43 bits per heavy atom. The lowest BCUT2D eigenvalue weighted by atomic mass is 10.0. The summed E-state index contributed by atoms with van der Waals surface area (Å²) in [5.41, 5.74) is 0. The number of carbonyl (C=O) groups is 1. The minimum Gasteiger partial charge on any atom is -0.382 e. The third kappa shape index (κ3) is 25.4. The lowest BCUT2D eigenvalue weighted by Crippen LogP contribution is -2.41. The highest BCUT2D eigenvalue weighted by Crippen LogP contribution is 2.16. The van der Waals surface area contributed by atoms with Crippen LogP contribution in [0.3, 0.4) is 0 Å². The molecule has 0 aliphatic rings. The number of unbranched alkanes of at least 4 members (excludes halogenated alkanes) is 20. The summed E-state index contributed by atoms with van der Waals surface area (Å²) in [5, 5.41) is 0. The van der Waals surface area contributed by atoms with Crippen LogP contribution >= 0.6 is 0 Å². The van der Waals surface area contributed by atoms with Crippen molar-refractivity contribution in [3.8, 4) is 0 Å². The van der Waals surface area contributed by atoms with Gasteiger partial charge in [-0.15, -0.1) is 0 Å². The van der Waals surface area contributed by atoms with E-state index in [-0.39, 0.29) is 12.5 Å². The molecule has 0 aromatic carbocycles. The highest BCUT2D eigenvalue weighted by molar-refractivity contribution is 5.77. The van der Waals surface area contributed by atoms with Crippen LogP contribution in [-0.4, -0.2) is 50.3 Å². The first-order valence-electron chi connectivity index (χ1n) is 16.5. The lowest BCUT2D eigenvalue weighted by Gasteiger charge is -2.29. The van der Waals surface area contributed by atoms with Crippen molar-refractivity contribution in [3.05, 3.63) is 0 Å². The summed E-state index contributed by atoms with van der Waals surface area (Å²) in [7, 11) is 1.67. The fourth-order valence-electron chi connectivity index (χ4n) is 5.18. The summed E-state index contributed by atoms with van der Waals surface area (Å²) in [6.45, 7) is 8.89. The maximum atomic E-state index is 12.9. The van der Waals surface area contributed by atoms with Crippen molar-refractivity contribution in [1.29, 1.82) is 0 Å². The monoisotopic (exact) mass is 526 g/mol. The fourth-order valence-corrected chi connectivity index (χ4v) is 5.18. The molecule has 4 nitrogen and oxygen atoms in total. The molecule has 1 unspecified atom stereocenters. The predicted octanol–water partition coefficient (Wildman–Crippen LogP) is 9.88. The lowest BCUT2D eigenvalue weighted by molar-refractivity contribution is -0.138. The zero-order chi connectivity index (χ0) is 27.2. The molecule has 0 fully saturated rings. The summed E-state index contributed by atoms with van der Waals surface area (Å²) in [5.74, 6) is 0.152. The molecule has 37 heavy (non-hydrogen) atoms. The van der Waals surface area contributed by atoms with Crippen molar-refractivity contribution in [2.24, 2.45) is 0 Å². The summed E-state index contributed by atoms with van der Waals surface area (Å²) >= 11 is 0. The molecule has 0 spiro atoms. The van der Waals surface area contributed by atoms with Gasteiger partial charge in [-0.05, 0) is 19.8 Å². The van der Waals surface area contributed by atoms with Gasteiger partial charge in [0.05, 0.1) is 13.2 Å². The van der Waals surface area contributed by atoms with E-state index in [4.69, 9.17) is 9.47 Å². The number of rotatable bonds is 30. The normalized spacial score (nSPS) is 12.2. The fraction of sp³-hybridized carbons (Fsp3) is 0.970. The van der Waals surface area contributed by atoms with Gasteiger partial charge in [0.25, 0.3) is 0 Å². The second kappa shape index (κ2) is 29.9. The Morgan fingerprint density at radius 2 is 1.00 bits per heavy atom. The molecule has 0 aliphatic carbocycles. The molecule has 0 radical (unpaired) electrons. The van der Waals surface area contributed by atoms with Gasteiger partial charge in [-0.1, -0.05) is 149 Å². The molecule has 0 aliphatic heterocycles. The molecule has 0 bridgehead atoms. The number of ether oxygens (including phenoxy) is 2. The van der Waals surface area contributed by atoms with Gasteiger partial charge < -0.3 is 14.4 Å². The van der Waals surface area contributed by atoms with Crippen LogP contribution in [0, 0.1) is 0 Å². The second-order valence-electron chi connectivity index (χ2n) is 11.3. The van der Waals surface area contributed by atoms with E-state index in [2.05, 4.69) is 25.7 Å². The van der Waals surface area contributed by atoms with Gasteiger partial charge in [0.1, 0.15) is 6.61 Å². The molecule has 222 valence electrons. The molecular weight excluding hydrogens is 458 g/mol. The average molecular weight is 526 g/mol. The van der Waals surface area contributed by atoms with Crippen LogP contribution in [0.5, 0.6) is 0 Å². The van der Waals surface area contributed by atoms with Crippen LogP contribution in [0.25, 0.3) is 0 Å². The van der Waals surface area contributed by atoms with Crippen molar-refractivity contribution in [1.82, 2.24) is 4.90 Å². The molecule has 4 heteroatoms. The molecule has 0 saturated carbocycles. The van der Waals surface area contributed by atoms with Gasteiger partial charge in [-0.2, -0.15) is 0 Å². The van der Waals surface area contributed by atoms with Crippen molar-refractivity contribution in [3.63, 3.8) is 0 Å². The molecule has 0 aromatic rings. The molecule has 0 N–H and O–H groups in total. The minimum atomic E-state index is 0.152. The predicted molar refractivity (Wildman–Crippen MR) is 161 cm³/mol. The molecule has 0 aromatic heterocycles. The Bertz CT molecular complexity index is 457. The first kappa shape index (κ1) is 36.4. The van der Waals surface area contributed by atoms with Crippen molar-refractivity contribution >= 4 is 5.91 Å². The van der Waals surface area contributed by atoms with E-state index < -0.39 is 0 Å². The van der Waals surface area contributed by atoms with Gasteiger partial charge in [-0.3, -0.25) is 4.79 Å². The number of carbonyl (C=O) groups excluding carboxylic acids is 1. The van der Waals surface area contributed by atoms with Crippen LogP contribution < -0.4 is 0 Å². The minimum absolute atomic E-state index is 0.152. The molecular formula is C33H67NO3. The second-order valence-corrected chi connectivity index (χ2v) is 11.3. The Labute approximate surface area is 233 Å². The molecule has 1 amide bonds. The Morgan fingerprint density at radius 1 is 0.595 bits per heavy atom. The summed E-state index contributed by atoms with van der Waals surface area (Å²) in [6.07, 6.45) is 30.8. The first-order chi connectivity index (χ1) is 18.2. The summed E-state index contributed by atoms with van der Waals surface area (Å²) in [6, 6.07) is 0.306. The molecule has 0 heterocycles. The van der Waals surface area contributed by atoms with Crippen LogP contribution in [0.1, 0.15) is 168 Å². The van der Waals surface area contributed by atoms with Crippen molar-refractivity contribution < 1.29 is 14.3 Å². The topological polar surface area (TPSA) is 38.8 Å². The zero-order valence-electron chi connectivity index (χ0n) is 25.8. The number of methoxy groups -OCH3 is 1. The highest BCUT2D eigenvalue weighted by atomic mass is 16.5. The SMILES string of the molecule is CCCCCCCCCCCCCCN(C(=O)COCCOC)C(C)CCCCCCCCCCCC. The number of hydrogen-bond acceptors (Lipinski definition) is 3. The smallest absolute Gasteiger partial charge is 0.248 e. The number of hydrogen-bond donors (Lipinski definition) is 0. The van der Waals surface area contributed by atoms with Crippen LogP contribution in [0.15, 0.2) is 0 Å². The third-order valence-electron chi connectivity index (χ3n) is 7.74. The average Bonchev–Trinajstić information content (AvgIpc) is 2.90. The molecule has 0 saturated heterocycles. The van der Waals surface area contributed by atoms with Crippen molar-refractivity contribution in [2.75, 3.05) is 33.5 Å². The van der Waals surface area contributed by atoms with E-state index in [9.17, 15) is 4.79 Å². The largest absolute Gasteiger partial charge is 0.382 e. The number of amides is 1. The Balaban J connectivity index is 4.08. The van der Waals surface area contributed by atoms with Gasteiger partial charge in [0.2, 0.25) is 5.91 Å². The van der Waals surface area contributed by atoms with Crippen LogP contribution in [0.2, 0.25) is 0 Å². The van der Waals surface area contributed by atoms with Crippen LogP contribution in [-0.2, 0) is 14.3 Å². The zero-order valence-corrected chi connectivity index (χ0v) is 25.8. The maximum absolute atomic E-state index is 12.9. The van der Waals surface area contributed by atoms with Crippen LogP contribution in [0.4, 0.5) is 0 Å². The summed E-state index contributed by atoms with van der Waals surface area (Å²) in [4.78, 5) is 15.0. The first-order valence-corrected chi connectivity index (χ1v) is 16.5.